The lowest BCUT2D eigenvalue weighted by Gasteiger charge is -2.15. The molecule has 0 amide bonds. The highest BCUT2D eigenvalue weighted by molar-refractivity contribution is 5.85. The number of nitrogens with one attached hydrogen (secondary N) is 1. The van der Waals surface area contributed by atoms with E-state index in [2.05, 4.69) is 5.32 Å². The summed E-state index contributed by atoms with van der Waals surface area (Å²) in [4.78, 5) is 11.1. The quantitative estimate of drug-likeness (QED) is 0.862. The van der Waals surface area contributed by atoms with Crippen LogP contribution in [0.5, 0.6) is 5.75 Å². The molecule has 0 aliphatic carbocycles. The molecule has 5 heteroatoms. The van der Waals surface area contributed by atoms with E-state index < -0.39 is 5.97 Å². The van der Waals surface area contributed by atoms with E-state index >= 15 is 0 Å². The minimum Gasteiger partial charge on any atom is -0.497 e. The van der Waals surface area contributed by atoms with Gasteiger partial charge in [-0.3, -0.25) is 4.79 Å². The lowest BCUT2D eigenvalue weighted by Crippen LogP contribution is -2.20. The average molecular weight is 258 g/mol. The molecule has 1 aromatic rings. The first-order chi connectivity index (χ1) is 7.72. The summed E-state index contributed by atoms with van der Waals surface area (Å²) < 4.78 is 5.14. The number of ether oxygens (including phenoxy) is 1. The van der Waals surface area contributed by atoms with Gasteiger partial charge < -0.3 is 15.2 Å². The molecule has 17 heavy (non-hydrogen) atoms. The minimum atomic E-state index is -0.738. The molecule has 1 saturated heterocycles. The molecule has 1 heterocycles. The van der Waals surface area contributed by atoms with Gasteiger partial charge in [0, 0.05) is 19.0 Å². The van der Waals surface area contributed by atoms with Crippen molar-refractivity contribution in [2.45, 2.75) is 5.92 Å². The van der Waals surface area contributed by atoms with Crippen LogP contribution in [0.25, 0.3) is 0 Å². The van der Waals surface area contributed by atoms with Gasteiger partial charge in [0.2, 0.25) is 0 Å². The second-order valence-corrected chi connectivity index (χ2v) is 3.99. The zero-order chi connectivity index (χ0) is 11.5. The zero-order valence-corrected chi connectivity index (χ0v) is 10.4. The van der Waals surface area contributed by atoms with Crippen LogP contribution in [0.15, 0.2) is 24.3 Å². The predicted octanol–water partition coefficient (Wildman–Crippen LogP) is 1.50. The van der Waals surface area contributed by atoms with Crippen molar-refractivity contribution in [3.8, 4) is 5.75 Å². The first-order valence-corrected chi connectivity index (χ1v) is 5.30. The molecule has 0 spiro atoms. The Kier molecular flexibility index (Phi) is 4.78. The van der Waals surface area contributed by atoms with E-state index in [0.717, 1.165) is 11.3 Å². The maximum absolute atomic E-state index is 11.1. The van der Waals surface area contributed by atoms with Crippen molar-refractivity contribution in [3.05, 3.63) is 29.8 Å². The number of hydrogen-bond acceptors (Lipinski definition) is 3. The van der Waals surface area contributed by atoms with Crippen LogP contribution in [0.1, 0.15) is 11.5 Å². The smallest absolute Gasteiger partial charge is 0.308 e. The fraction of sp³-hybridized carbons (Fsp3) is 0.417. The molecule has 0 unspecified atom stereocenters. The van der Waals surface area contributed by atoms with Crippen molar-refractivity contribution < 1.29 is 14.6 Å². The van der Waals surface area contributed by atoms with Gasteiger partial charge in [-0.2, -0.15) is 0 Å². The standard InChI is InChI=1S/C12H15NO3.ClH/c1-16-9-4-2-3-8(5-9)10-6-13-7-11(10)12(14)15;/h2-5,10-11,13H,6-7H2,1H3,(H,14,15);1H/t10-,11+;/m1./s1. The van der Waals surface area contributed by atoms with Gasteiger partial charge in [-0.15, -0.1) is 12.4 Å². The lowest BCUT2D eigenvalue weighted by atomic mass is 9.89. The van der Waals surface area contributed by atoms with Gasteiger partial charge in [0.15, 0.2) is 0 Å². The van der Waals surface area contributed by atoms with E-state index in [-0.39, 0.29) is 24.2 Å². The summed E-state index contributed by atoms with van der Waals surface area (Å²) in [7, 11) is 1.61. The maximum Gasteiger partial charge on any atom is 0.308 e. The van der Waals surface area contributed by atoms with Crippen LogP contribution in [0.4, 0.5) is 0 Å². The predicted molar refractivity (Wildman–Crippen MR) is 67.0 cm³/mol. The second-order valence-electron chi connectivity index (χ2n) is 3.99. The maximum atomic E-state index is 11.1. The molecule has 0 radical (unpaired) electrons. The largest absolute Gasteiger partial charge is 0.497 e. The minimum absolute atomic E-state index is 0. The van der Waals surface area contributed by atoms with Crippen LogP contribution >= 0.6 is 12.4 Å². The van der Waals surface area contributed by atoms with Crippen LogP contribution in [0.3, 0.4) is 0 Å². The second kappa shape index (κ2) is 5.89. The number of carboxylic acids is 1. The van der Waals surface area contributed by atoms with Crippen LogP contribution < -0.4 is 10.1 Å². The van der Waals surface area contributed by atoms with E-state index in [9.17, 15) is 4.79 Å². The van der Waals surface area contributed by atoms with Crippen LogP contribution in [-0.2, 0) is 4.79 Å². The first kappa shape index (κ1) is 13.8. The summed E-state index contributed by atoms with van der Waals surface area (Å²) in [5.74, 6) is -0.272. The monoisotopic (exact) mass is 257 g/mol. The van der Waals surface area contributed by atoms with Crippen molar-refractivity contribution in [3.63, 3.8) is 0 Å². The molecular weight excluding hydrogens is 242 g/mol. The third-order valence-electron chi connectivity index (χ3n) is 3.05. The number of halogens is 1. The number of aliphatic carboxylic acids is 1. The molecular formula is C12H16ClNO3. The molecule has 1 aliphatic heterocycles. The number of carbonyl (C=O) groups is 1. The van der Waals surface area contributed by atoms with Crippen LogP contribution in [0.2, 0.25) is 0 Å². The fourth-order valence-corrected chi connectivity index (χ4v) is 2.16. The summed E-state index contributed by atoms with van der Waals surface area (Å²) >= 11 is 0. The Balaban J connectivity index is 0.00000144. The summed E-state index contributed by atoms with van der Waals surface area (Å²) in [6.45, 7) is 1.25. The zero-order valence-electron chi connectivity index (χ0n) is 9.55. The molecule has 2 atom stereocenters. The summed E-state index contributed by atoms with van der Waals surface area (Å²) in [6, 6.07) is 7.62. The highest BCUT2D eigenvalue weighted by Gasteiger charge is 2.33. The van der Waals surface area contributed by atoms with Crippen molar-refractivity contribution in [1.29, 1.82) is 0 Å². The Morgan fingerprint density at radius 1 is 1.47 bits per heavy atom. The van der Waals surface area contributed by atoms with Crippen molar-refractivity contribution in [2.75, 3.05) is 20.2 Å². The van der Waals surface area contributed by atoms with Crippen LogP contribution in [-0.4, -0.2) is 31.3 Å². The van der Waals surface area contributed by atoms with E-state index in [0.29, 0.717) is 13.1 Å². The Labute approximate surface area is 106 Å². The van der Waals surface area contributed by atoms with Crippen molar-refractivity contribution >= 4 is 18.4 Å². The molecule has 1 aliphatic rings. The Hall–Kier alpha value is -1.26. The molecule has 94 valence electrons. The van der Waals surface area contributed by atoms with Gasteiger partial charge >= 0.3 is 5.97 Å². The van der Waals surface area contributed by atoms with E-state index in [1.807, 2.05) is 24.3 Å². The highest BCUT2D eigenvalue weighted by Crippen LogP contribution is 2.30. The summed E-state index contributed by atoms with van der Waals surface area (Å²) in [5, 5.41) is 12.2. The average Bonchev–Trinajstić information content (AvgIpc) is 2.78. The number of benzene rings is 1. The number of methoxy groups -OCH3 is 1. The molecule has 2 N–H and O–H groups in total. The summed E-state index contributed by atoms with van der Waals surface area (Å²) in [6.07, 6.45) is 0. The molecule has 0 aromatic heterocycles. The van der Waals surface area contributed by atoms with Gasteiger partial charge in [-0.25, -0.2) is 0 Å². The molecule has 0 bridgehead atoms. The van der Waals surface area contributed by atoms with Crippen molar-refractivity contribution in [1.82, 2.24) is 5.32 Å². The van der Waals surface area contributed by atoms with Gasteiger partial charge in [0.25, 0.3) is 0 Å². The third kappa shape index (κ3) is 2.90. The Morgan fingerprint density at radius 3 is 2.88 bits per heavy atom. The Morgan fingerprint density at radius 2 is 2.24 bits per heavy atom. The van der Waals surface area contributed by atoms with Gasteiger partial charge in [0.05, 0.1) is 13.0 Å². The van der Waals surface area contributed by atoms with E-state index in [4.69, 9.17) is 9.84 Å². The van der Waals surface area contributed by atoms with Gasteiger partial charge in [-0.05, 0) is 17.7 Å². The van der Waals surface area contributed by atoms with Crippen LogP contribution in [0, 0.1) is 5.92 Å². The fourth-order valence-electron chi connectivity index (χ4n) is 2.16. The molecule has 4 nitrogen and oxygen atoms in total. The first-order valence-electron chi connectivity index (χ1n) is 5.30. The normalized spacial score (nSPS) is 22.9. The third-order valence-corrected chi connectivity index (χ3v) is 3.05. The summed E-state index contributed by atoms with van der Waals surface area (Å²) in [5.41, 5.74) is 1.02. The van der Waals surface area contributed by atoms with Gasteiger partial charge in [-0.1, -0.05) is 12.1 Å². The molecule has 1 aromatic carbocycles. The van der Waals surface area contributed by atoms with E-state index in [1.54, 1.807) is 7.11 Å². The number of rotatable bonds is 3. The Bertz CT molecular complexity index is 397. The SMILES string of the molecule is COc1cccc([C@H]2CNC[C@@H]2C(=O)O)c1.Cl. The highest BCUT2D eigenvalue weighted by atomic mass is 35.5. The lowest BCUT2D eigenvalue weighted by molar-refractivity contribution is -0.141. The number of carboxylic acid groups (broad SMARTS) is 1. The molecule has 0 saturated carbocycles. The molecule has 2 rings (SSSR count). The van der Waals surface area contributed by atoms with E-state index in [1.165, 1.54) is 0 Å². The van der Waals surface area contributed by atoms with Crippen molar-refractivity contribution in [2.24, 2.45) is 5.92 Å². The topological polar surface area (TPSA) is 58.6 Å². The van der Waals surface area contributed by atoms with Gasteiger partial charge in [0.1, 0.15) is 5.75 Å². The molecule has 1 fully saturated rings. The number of hydrogen-bond donors (Lipinski definition) is 2.